The van der Waals surface area contributed by atoms with Gasteiger partial charge in [-0.1, -0.05) is 48.9 Å². The topological polar surface area (TPSA) is 67.8 Å². The first-order valence-corrected chi connectivity index (χ1v) is 9.36. The van der Waals surface area contributed by atoms with Gasteiger partial charge in [0, 0.05) is 21.8 Å². The molecule has 7 heteroatoms. The predicted molar refractivity (Wildman–Crippen MR) is 109 cm³/mol. The van der Waals surface area contributed by atoms with Crippen LogP contribution in [0, 0.1) is 0 Å². The van der Waals surface area contributed by atoms with Crippen molar-refractivity contribution in [2.45, 2.75) is 32.0 Å². The van der Waals surface area contributed by atoms with Gasteiger partial charge in [-0.05, 0) is 30.2 Å². The maximum absolute atomic E-state index is 11.3. The monoisotopic (exact) mass is 405 g/mol. The molecule has 1 aliphatic heterocycles. The highest BCUT2D eigenvalue weighted by atomic mass is 35.5. The number of anilines is 1. The molecular formula is C20H20ClNO4S. The zero-order chi connectivity index (χ0) is 19.6. The molecule has 2 N–H and O–H groups in total. The largest absolute Gasteiger partial charge is 0.496 e. The Morgan fingerprint density at radius 1 is 1.33 bits per heavy atom. The average molecular weight is 406 g/mol. The lowest BCUT2D eigenvalue weighted by Crippen LogP contribution is -2.30. The number of ether oxygens (including phenoxy) is 2. The first-order valence-electron chi connectivity index (χ1n) is 8.58. The van der Waals surface area contributed by atoms with Crippen LogP contribution in [-0.2, 0) is 16.0 Å². The van der Waals surface area contributed by atoms with Crippen LogP contribution in [0.2, 0.25) is 5.02 Å². The van der Waals surface area contributed by atoms with Crippen LogP contribution in [0.1, 0.15) is 36.1 Å². The van der Waals surface area contributed by atoms with Gasteiger partial charge in [0.25, 0.3) is 0 Å². The van der Waals surface area contributed by atoms with Gasteiger partial charge in [-0.25, -0.2) is 0 Å². The lowest BCUT2D eigenvalue weighted by atomic mass is 9.96. The molecule has 2 aromatic carbocycles. The molecule has 0 saturated heterocycles. The molecule has 2 aromatic rings. The van der Waals surface area contributed by atoms with Crippen LogP contribution >= 0.6 is 23.8 Å². The number of nitrogens with one attached hydrogen (secondary N) is 1. The Labute approximate surface area is 168 Å². The number of carboxylic acid groups (broad SMARTS) is 1. The van der Waals surface area contributed by atoms with Crippen molar-refractivity contribution in [2.75, 3.05) is 12.4 Å². The number of fused-ring (bicyclic) bond motifs is 1. The van der Waals surface area contributed by atoms with Crippen molar-refractivity contribution >= 4 is 40.5 Å². The second kappa shape index (κ2) is 8.25. The van der Waals surface area contributed by atoms with Gasteiger partial charge >= 0.3 is 5.97 Å². The summed E-state index contributed by atoms with van der Waals surface area (Å²) in [4.78, 5) is 11.6. The third-order valence-electron chi connectivity index (χ3n) is 4.50. The standard InChI is InChI=1S/C20H20ClNO4S/c1-3-11-5-4-6-13(18(11)25-2)19-14-9-12(21)7-8-15(14)22-20(27)16(26-19)10-17(23)24/h4-9,16,19H,3,10H2,1-2H3,(H,22,27)(H,23,24)/t16-,19-/m0/s1. The fourth-order valence-electron chi connectivity index (χ4n) is 3.26. The van der Waals surface area contributed by atoms with Crippen LogP contribution in [0.4, 0.5) is 5.69 Å². The molecule has 2 atom stereocenters. The van der Waals surface area contributed by atoms with E-state index < -0.39 is 18.2 Å². The zero-order valence-electron chi connectivity index (χ0n) is 15.0. The maximum atomic E-state index is 11.3. The second-order valence-electron chi connectivity index (χ2n) is 6.22. The van der Waals surface area contributed by atoms with Crippen LogP contribution < -0.4 is 10.1 Å². The number of halogens is 1. The molecule has 3 rings (SSSR count). The predicted octanol–water partition coefficient (Wildman–Crippen LogP) is 4.61. The average Bonchev–Trinajstić information content (AvgIpc) is 2.77. The number of para-hydroxylation sites is 1. The molecule has 0 bridgehead atoms. The number of carboxylic acids is 1. The highest BCUT2D eigenvalue weighted by molar-refractivity contribution is 7.80. The highest BCUT2D eigenvalue weighted by Crippen LogP contribution is 2.42. The van der Waals surface area contributed by atoms with Gasteiger partial charge in [-0.15, -0.1) is 0 Å². The van der Waals surface area contributed by atoms with Crippen molar-refractivity contribution in [3.8, 4) is 5.75 Å². The minimum Gasteiger partial charge on any atom is -0.496 e. The van der Waals surface area contributed by atoms with Crippen LogP contribution in [0.5, 0.6) is 5.75 Å². The quantitative estimate of drug-likeness (QED) is 0.708. The van der Waals surface area contributed by atoms with E-state index in [1.807, 2.05) is 31.2 Å². The minimum atomic E-state index is -0.985. The van der Waals surface area contributed by atoms with Crippen LogP contribution in [0.3, 0.4) is 0 Å². The first kappa shape index (κ1) is 19.6. The van der Waals surface area contributed by atoms with Crippen molar-refractivity contribution in [3.05, 3.63) is 58.1 Å². The molecule has 0 saturated carbocycles. The Hall–Kier alpha value is -2.15. The number of aliphatic carboxylic acids is 1. The molecule has 0 aliphatic carbocycles. The summed E-state index contributed by atoms with van der Waals surface area (Å²) in [5.74, 6) is -0.265. The second-order valence-corrected chi connectivity index (χ2v) is 7.09. The number of hydrogen-bond acceptors (Lipinski definition) is 4. The summed E-state index contributed by atoms with van der Waals surface area (Å²) >= 11 is 11.6. The normalized spacial score (nSPS) is 19.0. The molecule has 0 unspecified atom stereocenters. The molecule has 0 spiro atoms. The summed E-state index contributed by atoms with van der Waals surface area (Å²) in [5.41, 5.74) is 3.37. The summed E-state index contributed by atoms with van der Waals surface area (Å²) < 4.78 is 11.9. The Morgan fingerprint density at radius 3 is 2.78 bits per heavy atom. The SMILES string of the molecule is CCc1cccc([C@@H]2O[C@@H](CC(=O)O)C(=S)Nc3ccc(Cl)cc32)c1OC. The maximum Gasteiger partial charge on any atom is 0.306 e. The lowest BCUT2D eigenvalue weighted by Gasteiger charge is -2.24. The molecule has 0 fully saturated rings. The molecule has 142 valence electrons. The summed E-state index contributed by atoms with van der Waals surface area (Å²) in [6, 6.07) is 11.2. The Kier molecular flexibility index (Phi) is 5.99. The number of aryl methyl sites for hydroxylation is 1. The van der Waals surface area contributed by atoms with Crippen LogP contribution in [0.25, 0.3) is 0 Å². The summed E-state index contributed by atoms with van der Waals surface area (Å²) in [6.45, 7) is 2.05. The number of hydrogen-bond donors (Lipinski definition) is 2. The van der Waals surface area contributed by atoms with E-state index in [-0.39, 0.29) is 6.42 Å². The highest BCUT2D eigenvalue weighted by Gasteiger charge is 2.33. The van der Waals surface area contributed by atoms with E-state index >= 15 is 0 Å². The van der Waals surface area contributed by atoms with Crippen LogP contribution in [-0.4, -0.2) is 29.3 Å². The van der Waals surface area contributed by atoms with Gasteiger partial charge < -0.3 is 19.9 Å². The molecule has 1 aliphatic rings. The fraction of sp³-hybridized carbons (Fsp3) is 0.300. The zero-order valence-corrected chi connectivity index (χ0v) is 16.6. The van der Waals surface area contributed by atoms with E-state index in [4.69, 9.17) is 33.3 Å². The molecule has 5 nitrogen and oxygen atoms in total. The summed E-state index contributed by atoms with van der Waals surface area (Å²) in [5, 5.41) is 12.9. The molecule has 0 amide bonds. The van der Waals surface area contributed by atoms with Crippen molar-refractivity contribution in [1.82, 2.24) is 0 Å². The smallest absolute Gasteiger partial charge is 0.306 e. The Morgan fingerprint density at radius 2 is 2.11 bits per heavy atom. The number of thiocarbonyl (C=S) groups is 1. The van der Waals surface area contributed by atoms with Gasteiger partial charge in [0.05, 0.1) is 13.5 Å². The summed E-state index contributed by atoms with van der Waals surface area (Å²) in [7, 11) is 1.62. The molecular weight excluding hydrogens is 386 g/mol. The fourth-order valence-corrected chi connectivity index (χ4v) is 3.69. The molecule has 0 aromatic heterocycles. The van der Waals surface area contributed by atoms with E-state index in [0.29, 0.717) is 10.0 Å². The number of benzene rings is 2. The molecule has 1 heterocycles. The lowest BCUT2D eigenvalue weighted by molar-refractivity contribution is -0.139. The van der Waals surface area contributed by atoms with Crippen molar-refractivity contribution in [2.24, 2.45) is 0 Å². The van der Waals surface area contributed by atoms with E-state index in [0.717, 1.165) is 34.5 Å². The molecule has 0 radical (unpaired) electrons. The van der Waals surface area contributed by atoms with Gasteiger partial charge in [-0.3, -0.25) is 4.79 Å². The van der Waals surface area contributed by atoms with E-state index in [9.17, 15) is 9.90 Å². The molecule has 27 heavy (non-hydrogen) atoms. The number of rotatable bonds is 5. The van der Waals surface area contributed by atoms with Gasteiger partial charge in [0.2, 0.25) is 0 Å². The van der Waals surface area contributed by atoms with Crippen molar-refractivity contribution in [3.63, 3.8) is 0 Å². The van der Waals surface area contributed by atoms with E-state index in [1.165, 1.54) is 0 Å². The number of carbonyl (C=O) groups is 1. The van der Waals surface area contributed by atoms with Crippen LogP contribution in [0.15, 0.2) is 36.4 Å². The van der Waals surface area contributed by atoms with Gasteiger partial charge in [0.1, 0.15) is 22.9 Å². The van der Waals surface area contributed by atoms with E-state index in [1.54, 1.807) is 19.2 Å². The third-order valence-corrected chi connectivity index (χ3v) is 5.10. The third kappa shape index (κ3) is 4.08. The van der Waals surface area contributed by atoms with E-state index in [2.05, 4.69) is 5.32 Å². The summed E-state index contributed by atoms with van der Waals surface area (Å²) in [6.07, 6.45) is -0.789. The van der Waals surface area contributed by atoms with Crippen molar-refractivity contribution < 1.29 is 19.4 Å². The Balaban J connectivity index is 2.18. The Bertz CT molecular complexity index is 886. The first-order chi connectivity index (χ1) is 12.9. The number of methoxy groups -OCH3 is 1. The minimum absolute atomic E-state index is 0.236. The van der Waals surface area contributed by atoms with Gasteiger partial charge in [-0.2, -0.15) is 0 Å². The van der Waals surface area contributed by atoms with Gasteiger partial charge in [0.15, 0.2) is 0 Å². The van der Waals surface area contributed by atoms with Crippen molar-refractivity contribution in [1.29, 1.82) is 0 Å².